The molecule has 1 heterocycles. The number of phenols is 1. The molecular formula is C15H10N2O5. The third kappa shape index (κ3) is 1.99. The zero-order valence-corrected chi connectivity index (χ0v) is 11.4. The molecule has 2 aromatic carbocycles. The molecule has 0 aliphatic carbocycles. The predicted molar refractivity (Wildman–Crippen MR) is 77.0 cm³/mol. The van der Waals surface area contributed by atoms with Gasteiger partial charge < -0.3 is 14.9 Å². The standard InChI is InChI=1S/C15H10N2O5/c1-22-15(21)11-10(18)6-5-9-13(11)17-8-4-2-3-7(14(19)20)12(8)16-9/h2-6,18H,1H3,(H,19,20). The highest BCUT2D eigenvalue weighted by atomic mass is 16.5. The Kier molecular flexibility index (Phi) is 3.10. The minimum atomic E-state index is -1.12. The fourth-order valence-electron chi connectivity index (χ4n) is 2.23. The molecule has 0 saturated heterocycles. The van der Waals surface area contributed by atoms with Crippen LogP contribution >= 0.6 is 0 Å². The quantitative estimate of drug-likeness (QED) is 0.549. The van der Waals surface area contributed by atoms with Crippen LogP contribution in [0.5, 0.6) is 5.75 Å². The molecule has 0 aliphatic heterocycles. The number of aromatic nitrogens is 2. The Morgan fingerprint density at radius 3 is 2.41 bits per heavy atom. The number of phenolic OH excluding ortho intramolecular Hbond substituents is 1. The minimum Gasteiger partial charge on any atom is -0.507 e. The third-order valence-corrected chi connectivity index (χ3v) is 3.23. The molecule has 0 unspecified atom stereocenters. The van der Waals surface area contributed by atoms with Crippen LogP contribution in [0.15, 0.2) is 30.3 Å². The number of para-hydroxylation sites is 1. The predicted octanol–water partition coefficient (Wildman–Crippen LogP) is 1.97. The Morgan fingerprint density at radius 1 is 1.05 bits per heavy atom. The average molecular weight is 298 g/mol. The molecule has 3 aromatic rings. The number of carbonyl (C=O) groups is 2. The zero-order chi connectivity index (χ0) is 15.9. The molecule has 0 spiro atoms. The first kappa shape index (κ1) is 13.7. The number of hydrogen-bond donors (Lipinski definition) is 2. The highest BCUT2D eigenvalue weighted by Crippen LogP contribution is 2.28. The molecule has 2 N–H and O–H groups in total. The van der Waals surface area contributed by atoms with Gasteiger partial charge in [-0.1, -0.05) is 6.07 Å². The Balaban J connectivity index is 2.44. The lowest BCUT2D eigenvalue weighted by molar-refractivity contribution is 0.0598. The molecule has 3 rings (SSSR count). The molecule has 0 amide bonds. The molecule has 0 atom stereocenters. The van der Waals surface area contributed by atoms with Crippen LogP contribution in [0.2, 0.25) is 0 Å². The van der Waals surface area contributed by atoms with Gasteiger partial charge in [-0.2, -0.15) is 0 Å². The van der Waals surface area contributed by atoms with Crippen molar-refractivity contribution in [2.75, 3.05) is 7.11 Å². The summed E-state index contributed by atoms with van der Waals surface area (Å²) in [6.45, 7) is 0. The fraction of sp³-hybridized carbons (Fsp3) is 0.0667. The molecule has 0 bridgehead atoms. The summed E-state index contributed by atoms with van der Waals surface area (Å²) < 4.78 is 4.64. The maximum Gasteiger partial charge on any atom is 0.343 e. The first-order valence-corrected chi connectivity index (χ1v) is 6.27. The Labute approximate surface area is 123 Å². The smallest absolute Gasteiger partial charge is 0.343 e. The van der Waals surface area contributed by atoms with E-state index in [4.69, 9.17) is 0 Å². The third-order valence-electron chi connectivity index (χ3n) is 3.23. The van der Waals surface area contributed by atoms with Crippen LogP contribution in [-0.2, 0) is 4.74 Å². The lowest BCUT2D eigenvalue weighted by Gasteiger charge is -2.08. The monoisotopic (exact) mass is 298 g/mol. The van der Waals surface area contributed by atoms with Crippen LogP contribution in [-0.4, -0.2) is 39.2 Å². The van der Waals surface area contributed by atoms with Crippen LogP contribution in [0.3, 0.4) is 0 Å². The van der Waals surface area contributed by atoms with Crippen molar-refractivity contribution in [1.82, 2.24) is 9.97 Å². The van der Waals surface area contributed by atoms with Crippen molar-refractivity contribution in [3.05, 3.63) is 41.5 Å². The van der Waals surface area contributed by atoms with Crippen molar-refractivity contribution >= 4 is 34.0 Å². The van der Waals surface area contributed by atoms with Crippen LogP contribution in [0, 0.1) is 0 Å². The van der Waals surface area contributed by atoms with Crippen LogP contribution in [0.1, 0.15) is 20.7 Å². The van der Waals surface area contributed by atoms with Crippen LogP contribution in [0.25, 0.3) is 22.1 Å². The lowest BCUT2D eigenvalue weighted by Crippen LogP contribution is -2.05. The van der Waals surface area contributed by atoms with Gasteiger partial charge in [-0.3, -0.25) is 0 Å². The van der Waals surface area contributed by atoms with E-state index >= 15 is 0 Å². The van der Waals surface area contributed by atoms with E-state index in [0.717, 1.165) is 0 Å². The van der Waals surface area contributed by atoms with Gasteiger partial charge in [-0.05, 0) is 24.3 Å². The van der Waals surface area contributed by atoms with E-state index in [1.807, 2.05) is 0 Å². The zero-order valence-electron chi connectivity index (χ0n) is 11.4. The van der Waals surface area contributed by atoms with E-state index in [1.54, 1.807) is 6.07 Å². The van der Waals surface area contributed by atoms with E-state index in [1.165, 1.54) is 31.4 Å². The van der Waals surface area contributed by atoms with Gasteiger partial charge in [0.25, 0.3) is 0 Å². The van der Waals surface area contributed by atoms with Crippen LogP contribution in [0.4, 0.5) is 0 Å². The lowest BCUT2D eigenvalue weighted by atomic mass is 10.1. The molecule has 0 aliphatic rings. The van der Waals surface area contributed by atoms with E-state index < -0.39 is 11.9 Å². The summed E-state index contributed by atoms with van der Waals surface area (Å²) in [6.07, 6.45) is 0. The second-order valence-corrected chi connectivity index (χ2v) is 4.52. The molecule has 22 heavy (non-hydrogen) atoms. The first-order valence-electron chi connectivity index (χ1n) is 6.27. The number of nitrogens with zero attached hydrogens (tertiary/aromatic N) is 2. The van der Waals surface area contributed by atoms with Crippen LogP contribution < -0.4 is 0 Å². The minimum absolute atomic E-state index is 0.0135. The first-order chi connectivity index (χ1) is 10.5. The van der Waals surface area contributed by atoms with Crippen molar-refractivity contribution < 1.29 is 24.5 Å². The van der Waals surface area contributed by atoms with Crippen molar-refractivity contribution in [1.29, 1.82) is 0 Å². The molecule has 1 aromatic heterocycles. The maximum atomic E-state index is 11.8. The van der Waals surface area contributed by atoms with E-state index in [9.17, 15) is 19.8 Å². The van der Waals surface area contributed by atoms with E-state index in [-0.39, 0.29) is 27.9 Å². The largest absolute Gasteiger partial charge is 0.507 e. The number of aromatic carboxylic acids is 1. The van der Waals surface area contributed by atoms with Crippen molar-refractivity contribution in [2.45, 2.75) is 0 Å². The van der Waals surface area contributed by atoms with Gasteiger partial charge in [-0.15, -0.1) is 0 Å². The SMILES string of the molecule is COC(=O)c1c(O)ccc2nc3c(C(=O)O)cccc3nc12. The Morgan fingerprint density at radius 2 is 1.73 bits per heavy atom. The van der Waals surface area contributed by atoms with Gasteiger partial charge >= 0.3 is 11.9 Å². The summed E-state index contributed by atoms with van der Waals surface area (Å²) in [7, 11) is 1.19. The number of aromatic hydroxyl groups is 1. The molecule has 7 heteroatoms. The highest BCUT2D eigenvalue weighted by molar-refractivity contribution is 6.08. The van der Waals surface area contributed by atoms with Crippen molar-refractivity contribution in [2.24, 2.45) is 0 Å². The summed E-state index contributed by atoms with van der Waals surface area (Å²) >= 11 is 0. The molecular weight excluding hydrogens is 288 g/mol. The number of methoxy groups -OCH3 is 1. The van der Waals surface area contributed by atoms with E-state index in [0.29, 0.717) is 11.0 Å². The fourth-order valence-corrected chi connectivity index (χ4v) is 2.23. The van der Waals surface area contributed by atoms with Gasteiger partial charge in [0.05, 0.1) is 23.7 Å². The second-order valence-electron chi connectivity index (χ2n) is 4.52. The summed E-state index contributed by atoms with van der Waals surface area (Å²) in [5.41, 5.74) is 0.878. The maximum absolute atomic E-state index is 11.8. The number of fused-ring (bicyclic) bond motifs is 2. The summed E-state index contributed by atoms with van der Waals surface area (Å²) in [6, 6.07) is 7.29. The molecule has 0 fully saturated rings. The number of carboxylic acid groups (broad SMARTS) is 1. The number of rotatable bonds is 2. The topological polar surface area (TPSA) is 110 Å². The molecule has 110 valence electrons. The summed E-state index contributed by atoms with van der Waals surface area (Å²) in [5, 5.41) is 19.1. The normalized spacial score (nSPS) is 10.8. The van der Waals surface area contributed by atoms with Crippen molar-refractivity contribution in [3.63, 3.8) is 0 Å². The number of esters is 1. The molecule has 0 saturated carbocycles. The Bertz CT molecular complexity index is 936. The average Bonchev–Trinajstić information content (AvgIpc) is 2.51. The van der Waals surface area contributed by atoms with E-state index in [2.05, 4.69) is 14.7 Å². The second kappa shape index (κ2) is 4.96. The Hall–Kier alpha value is -3.22. The van der Waals surface area contributed by atoms with Gasteiger partial charge in [0, 0.05) is 0 Å². The highest BCUT2D eigenvalue weighted by Gasteiger charge is 2.19. The molecule has 7 nitrogen and oxygen atoms in total. The molecule has 0 radical (unpaired) electrons. The number of carbonyl (C=O) groups excluding carboxylic acids is 1. The number of carboxylic acids is 1. The van der Waals surface area contributed by atoms with Gasteiger partial charge in [0.2, 0.25) is 0 Å². The summed E-state index contributed by atoms with van der Waals surface area (Å²) in [4.78, 5) is 31.6. The van der Waals surface area contributed by atoms with Gasteiger partial charge in [-0.25, -0.2) is 19.6 Å². The van der Waals surface area contributed by atoms with Crippen molar-refractivity contribution in [3.8, 4) is 5.75 Å². The number of ether oxygens (including phenoxy) is 1. The van der Waals surface area contributed by atoms with Gasteiger partial charge in [0.15, 0.2) is 0 Å². The van der Waals surface area contributed by atoms with Gasteiger partial charge in [0.1, 0.15) is 22.3 Å². The number of hydrogen-bond acceptors (Lipinski definition) is 6. The number of benzene rings is 2. The summed E-state index contributed by atoms with van der Waals surface area (Å²) in [5.74, 6) is -2.14.